The molecule has 0 aromatic heterocycles. The molecule has 23 heavy (non-hydrogen) atoms. The molecule has 6 nitrogen and oxygen atoms in total. The van der Waals surface area contributed by atoms with Gasteiger partial charge in [0.1, 0.15) is 11.8 Å². The van der Waals surface area contributed by atoms with Crippen molar-refractivity contribution in [2.24, 2.45) is 11.8 Å². The van der Waals surface area contributed by atoms with Crippen LogP contribution in [0.1, 0.15) is 53.4 Å². The van der Waals surface area contributed by atoms with Crippen molar-refractivity contribution in [3.63, 3.8) is 0 Å². The van der Waals surface area contributed by atoms with Crippen molar-refractivity contribution >= 4 is 17.7 Å². The molecule has 0 radical (unpaired) electrons. The molecule has 3 unspecified atom stereocenters. The molecule has 0 saturated carbocycles. The third-order valence-corrected chi connectivity index (χ3v) is 4.76. The van der Waals surface area contributed by atoms with Gasteiger partial charge >= 0.3 is 5.97 Å². The first-order valence-corrected chi connectivity index (χ1v) is 8.56. The van der Waals surface area contributed by atoms with Crippen molar-refractivity contribution < 1.29 is 19.5 Å². The molecular formula is C17H30N2O4. The molecule has 0 bridgehead atoms. The molecule has 1 amide bonds. The fourth-order valence-corrected chi connectivity index (χ4v) is 3.49. The highest BCUT2D eigenvalue weighted by Gasteiger charge is 2.40. The summed E-state index contributed by atoms with van der Waals surface area (Å²) in [6.07, 6.45) is 2.73. The number of rotatable bonds is 9. The summed E-state index contributed by atoms with van der Waals surface area (Å²) in [6.45, 7) is 8.46. The number of carbonyl (C=O) groups is 3. The minimum atomic E-state index is -0.862. The number of carboxylic acids is 1. The van der Waals surface area contributed by atoms with Gasteiger partial charge in [-0.2, -0.15) is 0 Å². The first-order chi connectivity index (χ1) is 10.8. The van der Waals surface area contributed by atoms with Gasteiger partial charge in [0, 0.05) is 38.4 Å². The average Bonchev–Trinajstić information content (AvgIpc) is 2.89. The first-order valence-electron chi connectivity index (χ1n) is 8.56. The zero-order valence-corrected chi connectivity index (χ0v) is 14.7. The van der Waals surface area contributed by atoms with Gasteiger partial charge in [-0.3, -0.25) is 19.3 Å². The number of nitrogens with zero attached hydrogens (tertiary/aromatic N) is 1. The predicted octanol–water partition coefficient (Wildman–Crippen LogP) is 1.68. The number of likely N-dealkylation sites (tertiary alicyclic amines) is 1. The van der Waals surface area contributed by atoms with Gasteiger partial charge in [0.05, 0.1) is 0 Å². The summed E-state index contributed by atoms with van der Waals surface area (Å²) >= 11 is 0. The summed E-state index contributed by atoms with van der Waals surface area (Å²) in [7, 11) is 0. The summed E-state index contributed by atoms with van der Waals surface area (Å²) < 4.78 is 0. The van der Waals surface area contributed by atoms with Gasteiger partial charge in [-0.25, -0.2) is 0 Å². The minimum Gasteiger partial charge on any atom is -0.480 e. The van der Waals surface area contributed by atoms with E-state index in [1.165, 1.54) is 6.92 Å². The molecule has 2 N–H and O–H groups in total. The molecule has 0 aromatic carbocycles. The Bertz CT molecular complexity index is 438. The molecule has 1 rings (SSSR count). The highest BCUT2D eigenvalue weighted by atomic mass is 16.4. The van der Waals surface area contributed by atoms with E-state index in [-0.39, 0.29) is 29.6 Å². The zero-order valence-electron chi connectivity index (χ0n) is 14.7. The van der Waals surface area contributed by atoms with E-state index in [0.717, 1.165) is 12.8 Å². The number of nitrogens with one attached hydrogen (secondary N) is 1. The molecule has 4 atom stereocenters. The zero-order chi connectivity index (χ0) is 17.6. The van der Waals surface area contributed by atoms with E-state index < -0.39 is 12.0 Å². The maximum atomic E-state index is 11.9. The number of carbonyl (C=O) groups excluding carboxylic acids is 2. The van der Waals surface area contributed by atoms with E-state index in [4.69, 9.17) is 0 Å². The maximum Gasteiger partial charge on any atom is 0.320 e. The number of ketones is 1. The summed E-state index contributed by atoms with van der Waals surface area (Å²) in [5, 5.41) is 12.4. The third-order valence-electron chi connectivity index (χ3n) is 4.76. The Balaban J connectivity index is 2.80. The molecule has 1 aliphatic heterocycles. The molecule has 0 spiro atoms. The summed E-state index contributed by atoms with van der Waals surface area (Å²) in [5.74, 6) is -0.797. The van der Waals surface area contributed by atoms with Gasteiger partial charge in [0.2, 0.25) is 5.91 Å². The van der Waals surface area contributed by atoms with Crippen molar-refractivity contribution in [2.75, 3.05) is 13.1 Å². The SMILES string of the molecule is CCC[C@@H](CN1CC(C(=O)CC)CC1C(=O)O)C(C)NC(C)=O. The van der Waals surface area contributed by atoms with Crippen LogP contribution in [0.15, 0.2) is 0 Å². The lowest BCUT2D eigenvalue weighted by Gasteiger charge is -2.30. The Morgan fingerprint density at radius 1 is 1.30 bits per heavy atom. The molecule has 132 valence electrons. The normalized spacial score (nSPS) is 24.2. The Labute approximate surface area is 138 Å². The average molecular weight is 326 g/mol. The Morgan fingerprint density at radius 3 is 2.43 bits per heavy atom. The van der Waals surface area contributed by atoms with Crippen LogP contribution >= 0.6 is 0 Å². The van der Waals surface area contributed by atoms with Gasteiger partial charge in [0.15, 0.2) is 0 Å². The lowest BCUT2D eigenvalue weighted by Crippen LogP contribution is -2.45. The quantitative estimate of drug-likeness (QED) is 0.673. The fraction of sp³-hybridized carbons (Fsp3) is 0.824. The Morgan fingerprint density at radius 2 is 1.96 bits per heavy atom. The van der Waals surface area contributed by atoms with Crippen LogP contribution in [0.3, 0.4) is 0 Å². The molecule has 1 saturated heterocycles. The Kier molecular flexibility index (Phi) is 7.68. The number of aliphatic carboxylic acids is 1. The molecule has 1 heterocycles. The molecule has 6 heteroatoms. The summed E-state index contributed by atoms with van der Waals surface area (Å²) in [6, 6.07) is -0.609. The van der Waals surface area contributed by atoms with Crippen LogP contribution in [0, 0.1) is 11.8 Å². The van der Waals surface area contributed by atoms with Crippen LogP contribution in [0.25, 0.3) is 0 Å². The van der Waals surface area contributed by atoms with Gasteiger partial charge in [-0.15, -0.1) is 0 Å². The fourth-order valence-electron chi connectivity index (χ4n) is 3.49. The van der Waals surface area contributed by atoms with E-state index in [9.17, 15) is 19.5 Å². The lowest BCUT2D eigenvalue weighted by molar-refractivity contribution is -0.142. The highest BCUT2D eigenvalue weighted by Crippen LogP contribution is 2.27. The smallest absolute Gasteiger partial charge is 0.320 e. The van der Waals surface area contributed by atoms with Crippen LogP contribution in [0.5, 0.6) is 0 Å². The van der Waals surface area contributed by atoms with E-state index in [1.807, 2.05) is 18.7 Å². The standard InChI is InChI=1S/C17H30N2O4/c1-5-7-13(11(3)18-12(4)20)9-19-10-14(16(21)6-2)8-15(19)17(22)23/h11,13-15H,5-10H2,1-4H3,(H,18,20)(H,22,23)/t11?,13-,14?,15?/m0/s1. The van der Waals surface area contributed by atoms with Crippen molar-refractivity contribution in [3.8, 4) is 0 Å². The topological polar surface area (TPSA) is 86.7 Å². The second-order valence-electron chi connectivity index (χ2n) is 6.60. The Hall–Kier alpha value is -1.43. The number of amides is 1. The second kappa shape index (κ2) is 9.01. The number of Topliss-reactive ketones (excluding diaryl/α,β-unsaturated/α-hetero) is 1. The van der Waals surface area contributed by atoms with Gasteiger partial charge in [-0.05, 0) is 25.7 Å². The summed E-state index contributed by atoms with van der Waals surface area (Å²) in [4.78, 5) is 36.7. The van der Waals surface area contributed by atoms with Crippen molar-refractivity contribution in [1.29, 1.82) is 0 Å². The van der Waals surface area contributed by atoms with Crippen LogP contribution in [-0.4, -0.2) is 52.8 Å². The molecule has 1 aliphatic rings. The van der Waals surface area contributed by atoms with E-state index in [1.54, 1.807) is 0 Å². The number of hydrogen-bond acceptors (Lipinski definition) is 4. The first kappa shape index (κ1) is 19.6. The van der Waals surface area contributed by atoms with E-state index in [2.05, 4.69) is 12.2 Å². The minimum absolute atomic E-state index is 0.0113. The highest BCUT2D eigenvalue weighted by molar-refractivity contribution is 5.83. The number of hydrogen-bond donors (Lipinski definition) is 2. The van der Waals surface area contributed by atoms with Crippen molar-refractivity contribution in [2.45, 2.75) is 65.5 Å². The van der Waals surface area contributed by atoms with Gasteiger partial charge in [-0.1, -0.05) is 20.3 Å². The molecule has 1 fully saturated rings. The predicted molar refractivity (Wildman–Crippen MR) is 88.1 cm³/mol. The van der Waals surface area contributed by atoms with Gasteiger partial charge in [0.25, 0.3) is 0 Å². The van der Waals surface area contributed by atoms with Crippen molar-refractivity contribution in [3.05, 3.63) is 0 Å². The van der Waals surface area contributed by atoms with E-state index in [0.29, 0.717) is 25.9 Å². The monoisotopic (exact) mass is 326 g/mol. The van der Waals surface area contributed by atoms with Crippen LogP contribution in [0.4, 0.5) is 0 Å². The maximum absolute atomic E-state index is 11.9. The van der Waals surface area contributed by atoms with Crippen LogP contribution in [0.2, 0.25) is 0 Å². The summed E-state index contributed by atoms with van der Waals surface area (Å²) in [5.41, 5.74) is 0. The number of carboxylic acid groups (broad SMARTS) is 1. The van der Waals surface area contributed by atoms with Crippen LogP contribution < -0.4 is 5.32 Å². The van der Waals surface area contributed by atoms with Crippen LogP contribution in [-0.2, 0) is 14.4 Å². The van der Waals surface area contributed by atoms with Crippen molar-refractivity contribution in [1.82, 2.24) is 10.2 Å². The van der Waals surface area contributed by atoms with E-state index >= 15 is 0 Å². The second-order valence-corrected chi connectivity index (χ2v) is 6.60. The molecular weight excluding hydrogens is 296 g/mol. The lowest BCUT2D eigenvalue weighted by atomic mass is 9.95. The van der Waals surface area contributed by atoms with Gasteiger partial charge < -0.3 is 10.4 Å². The molecule has 0 aromatic rings. The third kappa shape index (κ3) is 5.61. The largest absolute Gasteiger partial charge is 0.480 e. The molecule has 0 aliphatic carbocycles.